The van der Waals surface area contributed by atoms with Crippen LogP contribution in [0.5, 0.6) is 0 Å². The number of carbonyl (C=O) groups is 1. The number of carboxylic acids is 1. The second-order valence-corrected chi connectivity index (χ2v) is 7.21. The number of anilines is 1. The van der Waals surface area contributed by atoms with E-state index >= 15 is 0 Å². The summed E-state index contributed by atoms with van der Waals surface area (Å²) >= 11 is 0. The first-order chi connectivity index (χ1) is 12.4. The van der Waals surface area contributed by atoms with Gasteiger partial charge in [0, 0.05) is 11.7 Å². The van der Waals surface area contributed by atoms with Crippen molar-refractivity contribution in [3.63, 3.8) is 0 Å². The molecule has 1 N–H and O–H groups in total. The minimum atomic E-state index is -1.06. The molecule has 0 aliphatic carbocycles. The minimum absolute atomic E-state index is 0.0214. The molecule has 1 atom stereocenters. The molecule has 1 aliphatic rings. The number of halogens is 1. The van der Waals surface area contributed by atoms with Crippen LogP contribution >= 0.6 is 0 Å². The average molecular weight is 354 g/mol. The van der Waals surface area contributed by atoms with Gasteiger partial charge in [0.1, 0.15) is 17.2 Å². The smallest absolute Gasteiger partial charge is 0.341 e. The van der Waals surface area contributed by atoms with Crippen molar-refractivity contribution in [1.82, 2.24) is 14.6 Å². The van der Waals surface area contributed by atoms with Crippen molar-refractivity contribution < 1.29 is 14.3 Å². The van der Waals surface area contributed by atoms with E-state index < -0.39 is 5.97 Å². The van der Waals surface area contributed by atoms with E-state index in [-0.39, 0.29) is 23.0 Å². The van der Waals surface area contributed by atoms with Crippen molar-refractivity contribution in [3.05, 3.63) is 59.7 Å². The number of rotatable bonds is 3. The maximum absolute atomic E-state index is 13.7. The van der Waals surface area contributed by atoms with Gasteiger partial charge in [0.05, 0.1) is 12.2 Å². The number of nitrogens with zero attached hydrogens (tertiary/aromatic N) is 4. The third-order valence-electron chi connectivity index (χ3n) is 5.06. The summed E-state index contributed by atoms with van der Waals surface area (Å²) in [6.45, 7) is 4.24. The predicted octanol–water partition coefficient (Wildman–Crippen LogP) is 3.69. The van der Waals surface area contributed by atoms with Crippen LogP contribution < -0.4 is 4.90 Å². The lowest BCUT2D eigenvalue weighted by Crippen LogP contribution is -2.40. The molecule has 4 rings (SSSR count). The van der Waals surface area contributed by atoms with Gasteiger partial charge in [-0.25, -0.2) is 18.7 Å². The van der Waals surface area contributed by atoms with Crippen molar-refractivity contribution >= 4 is 17.4 Å². The van der Waals surface area contributed by atoms with E-state index in [2.05, 4.69) is 28.8 Å². The number of fused-ring (bicyclic) bond motifs is 1. The summed E-state index contributed by atoms with van der Waals surface area (Å²) in [5.74, 6) is -0.663. The van der Waals surface area contributed by atoms with Crippen LogP contribution in [0.1, 0.15) is 48.7 Å². The van der Waals surface area contributed by atoms with Gasteiger partial charge in [0.25, 0.3) is 0 Å². The molecule has 7 heteroatoms. The highest BCUT2D eigenvalue weighted by atomic mass is 19.1. The maximum Gasteiger partial charge on any atom is 0.341 e. The summed E-state index contributed by atoms with van der Waals surface area (Å²) in [6, 6.07) is 8.42. The highest BCUT2D eigenvalue weighted by Gasteiger charge is 2.41. The number of benzene rings is 1. The Morgan fingerprint density at radius 1 is 1.35 bits per heavy atom. The molecule has 0 spiro atoms. The summed E-state index contributed by atoms with van der Waals surface area (Å²) < 4.78 is 15.2. The maximum atomic E-state index is 13.7. The van der Waals surface area contributed by atoms with E-state index in [1.165, 1.54) is 16.8 Å². The molecule has 6 nitrogen and oxygen atoms in total. The first-order valence-electron chi connectivity index (χ1n) is 8.49. The van der Waals surface area contributed by atoms with Crippen LogP contribution in [0.15, 0.2) is 42.7 Å². The number of aromatic nitrogens is 3. The monoisotopic (exact) mass is 354 g/mol. The van der Waals surface area contributed by atoms with Gasteiger partial charge in [-0.15, -0.1) is 0 Å². The van der Waals surface area contributed by atoms with Crippen LogP contribution in [0.25, 0.3) is 5.65 Å². The van der Waals surface area contributed by atoms with E-state index in [0.717, 1.165) is 18.4 Å². The van der Waals surface area contributed by atoms with E-state index in [0.29, 0.717) is 11.5 Å². The molecule has 134 valence electrons. The van der Waals surface area contributed by atoms with Crippen LogP contribution in [0.4, 0.5) is 10.2 Å². The first-order valence-corrected chi connectivity index (χ1v) is 8.49. The summed E-state index contributed by atoms with van der Waals surface area (Å²) in [5.41, 5.74) is 1.07. The molecule has 1 saturated heterocycles. The summed E-state index contributed by atoms with van der Waals surface area (Å²) in [4.78, 5) is 18.1. The average Bonchev–Trinajstić information content (AvgIpc) is 3.14. The highest BCUT2D eigenvalue weighted by Crippen LogP contribution is 2.44. The molecule has 3 aromatic rings. The van der Waals surface area contributed by atoms with Crippen molar-refractivity contribution in [2.45, 2.75) is 38.3 Å². The third-order valence-corrected chi connectivity index (χ3v) is 5.06. The minimum Gasteiger partial charge on any atom is -0.477 e. The molecule has 3 heterocycles. The summed E-state index contributed by atoms with van der Waals surface area (Å²) in [5, 5.41) is 13.4. The predicted molar refractivity (Wildman–Crippen MR) is 94.9 cm³/mol. The Morgan fingerprint density at radius 2 is 2.15 bits per heavy atom. The van der Waals surface area contributed by atoms with Gasteiger partial charge in [0.2, 0.25) is 0 Å². The van der Waals surface area contributed by atoms with Crippen molar-refractivity contribution in [2.75, 3.05) is 4.90 Å². The molecule has 26 heavy (non-hydrogen) atoms. The highest BCUT2D eigenvalue weighted by molar-refractivity contribution is 5.94. The van der Waals surface area contributed by atoms with Crippen molar-refractivity contribution in [2.24, 2.45) is 0 Å². The van der Waals surface area contributed by atoms with Crippen molar-refractivity contribution in [3.8, 4) is 0 Å². The SMILES string of the molecule is CC1(C)CCC(c2cccc(F)c2)N1c1ccn2ncc(C(=O)O)c2n1. The second kappa shape index (κ2) is 5.79. The third kappa shape index (κ3) is 2.60. The molecule has 1 unspecified atom stereocenters. The Kier molecular flexibility index (Phi) is 3.68. The quantitative estimate of drug-likeness (QED) is 0.777. The number of hydrogen-bond donors (Lipinski definition) is 1. The first kappa shape index (κ1) is 16.5. The molecular formula is C19H19FN4O2. The number of aromatic carboxylic acids is 1. The van der Waals surface area contributed by atoms with Crippen LogP contribution in [0, 0.1) is 5.82 Å². The fourth-order valence-corrected chi connectivity index (χ4v) is 3.81. The van der Waals surface area contributed by atoms with E-state index in [1.54, 1.807) is 18.3 Å². The van der Waals surface area contributed by atoms with Crippen LogP contribution in [0.2, 0.25) is 0 Å². The molecule has 0 amide bonds. The van der Waals surface area contributed by atoms with E-state index in [4.69, 9.17) is 0 Å². The summed E-state index contributed by atoms with van der Waals surface area (Å²) in [6.07, 6.45) is 4.80. The zero-order chi connectivity index (χ0) is 18.5. The van der Waals surface area contributed by atoms with Crippen molar-refractivity contribution in [1.29, 1.82) is 0 Å². The number of hydrogen-bond acceptors (Lipinski definition) is 4. The zero-order valence-corrected chi connectivity index (χ0v) is 14.6. The standard InChI is InChI=1S/C19H19FN4O2/c1-19(2)8-6-15(12-4-3-5-13(20)10-12)24(19)16-7-9-23-17(22-16)14(11-21-23)18(25)26/h3-5,7,9-11,15H,6,8H2,1-2H3,(H,25,26). The van der Waals surface area contributed by atoms with Gasteiger partial charge < -0.3 is 10.0 Å². The van der Waals surface area contributed by atoms with Gasteiger partial charge in [-0.05, 0) is 50.5 Å². The molecule has 1 aromatic carbocycles. The summed E-state index contributed by atoms with van der Waals surface area (Å²) in [7, 11) is 0. The van der Waals surface area contributed by atoms with Gasteiger partial charge in [-0.2, -0.15) is 5.10 Å². The van der Waals surface area contributed by atoms with Gasteiger partial charge >= 0.3 is 5.97 Å². The topological polar surface area (TPSA) is 70.7 Å². The fraction of sp³-hybridized carbons (Fsp3) is 0.316. The van der Waals surface area contributed by atoms with Gasteiger partial charge in [-0.1, -0.05) is 12.1 Å². The molecule has 0 radical (unpaired) electrons. The number of carboxylic acid groups (broad SMARTS) is 1. The Balaban J connectivity index is 1.83. The molecule has 1 aliphatic heterocycles. The van der Waals surface area contributed by atoms with Crippen LogP contribution in [-0.2, 0) is 0 Å². The van der Waals surface area contributed by atoms with Crippen LogP contribution in [0.3, 0.4) is 0 Å². The van der Waals surface area contributed by atoms with E-state index in [9.17, 15) is 14.3 Å². The fourth-order valence-electron chi connectivity index (χ4n) is 3.81. The lowest BCUT2D eigenvalue weighted by Gasteiger charge is -2.37. The Morgan fingerprint density at radius 3 is 2.88 bits per heavy atom. The Labute approximate surface area is 149 Å². The van der Waals surface area contributed by atoms with E-state index in [1.807, 2.05) is 12.1 Å². The lowest BCUT2D eigenvalue weighted by atomic mass is 10.0. The Bertz CT molecular complexity index is 998. The zero-order valence-electron chi connectivity index (χ0n) is 14.6. The molecule has 0 saturated carbocycles. The molecule has 0 bridgehead atoms. The molecular weight excluding hydrogens is 335 g/mol. The lowest BCUT2D eigenvalue weighted by molar-refractivity contribution is 0.0698. The normalized spacial score (nSPS) is 19.2. The largest absolute Gasteiger partial charge is 0.477 e. The van der Waals surface area contributed by atoms with Crippen LogP contribution in [-0.4, -0.2) is 31.2 Å². The van der Waals surface area contributed by atoms with Gasteiger partial charge in [-0.3, -0.25) is 0 Å². The molecule has 1 fully saturated rings. The molecule has 2 aromatic heterocycles. The second-order valence-electron chi connectivity index (χ2n) is 7.21. The Hall–Kier alpha value is -2.96. The van der Waals surface area contributed by atoms with Gasteiger partial charge in [0.15, 0.2) is 5.65 Å².